The van der Waals surface area contributed by atoms with Crippen molar-refractivity contribution >= 4 is 11.8 Å². The van der Waals surface area contributed by atoms with Crippen LogP contribution < -0.4 is 0 Å². The topological polar surface area (TPSA) is 40.6 Å². The van der Waals surface area contributed by atoms with Gasteiger partial charge in [-0.1, -0.05) is 79.7 Å². The molecule has 0 aliphatic carbocycles. The van der Waals surface area contributed by atoms with Crippen LogP contribution >= 0.6 is 0 Å². The van der Waals surface area contributed by atoms with Crippen LogP contribution in [0.5, 0.6) is 0 Å². The van der Waals surface area contributed by atoms with Crippen LogP contribution in [0.4, 0.5) is 0 Å². The second kappa shape index (κ2) is 9.71. The van der Waals surface area contributed by atoms with Gasteiger partial charge >= 0.3 is 0 Å². The average molecular weight is 413 g/mol. The van der Waals surface area contributed by atoms with Crippen molar-refractivity contribution in [3.05, 3.63) is 107 Å². The van der Waals surface area contributed by atoms with Gasteiger partial charge in [0.2, 0.25) is 0 Å². The van der Waals surface area contributed by atoms with E-state index >= 15 is 0 Å². The lowest BCUT2D eigenvalue weighted by atomic mass is 10.1. The van der Waals surface area contributed by atoms with Crippen LogP contribution in [0.25, 0.3) is 0 Å². The van der Waals surface area contributed by atoms with Gasteiger partial charge in [-0.3, -0.25) is 19.4 Å². The van der Waals surface area contributed by atoms with Crippen molar-refractivity contribution in [1.82, 2.24) is 9.80 Å². The number of rotatable bonds is 9. The smallest absolute Gasteiger partial charge is 0.261 e. The first-order valence-corrected chi connectivity index (χ1v) is 10.9. The number of carbonyl (C=O) groups is 2. The zero-order chi connectivity index (χ0) is 21.6. The Bertz CT molecular complexity index is 957. The largest absolute Gasteiger partial charge is 0.295 e. The summed E-state index contributed by atoms with van der Waals surface area (Å²) in [4.78, 5) is 29.2. The minimum atomic E-state index is -0.169. The van der Waals surface area contributed by atoms with Gasteiger partial charge in [-0.2, -0.15) is 0 Å². The summed E-state index contributed by atoms with van der Waals surface area (Å²) in [6.45, 7) is 5.21. The van der Waals surface area contributed by atoms with E-state index in [0.717, 1.165) is 26.1 Å². The van der Waals surface area contributed by atoms with Crippen molar-refractivity contribution in [3.63, 3.8) is 0 Å². The Hall–Kier alpha value is -3.24. The Balaban J connectivity index is 1.38. The fourth-order valence-corrected chi connectivity index (χ4v) is 4.11. The van der Waals surface area contributed by atoms with Crippen molar-refractivity contribution in [1.29, 1.82) is 0 Å². The Kier molecular flexibility index (Phi) is 6.58. The highest BCUT2D eigenvalue weighted by molar-refractivity contribution is 6.21. The molecule has 1 heterocycles. The molecule has 0 aromatic heterocycles. The highest BCUT2D eigenvalue weighted by Gasteiger charge is 2.35. The van der Waals surface area contributed by atoms with Gasteiger partial charge in [-0.05, 0) is 42.1 Å². The van der Waals surface area contributed by atoms with E-state index < -0.39 is 0 Å². The van der Waals surface area contributed by atoms with E-state index in [4.69, 9.17) is 0 Å². The molecule has 0 fully saturated rings. The number of fused-ring (bicyclic) bond motifs is 1. The Morgan fingerprint density at radius 2 is 1.16 bits per heavy atom. The molecule has 4 rings (SSSR count). The quantitative estimate of drug-likeness (QED) is 0.464. The molecule has 3 aromatic rings. The molecule has 3 aromatic carbocycles. The Labute approximate surface area is 184 Å². The Morgan fingerprint density at radius 1 is 0.710 bits per heavy atom. The van der Waals surface area contributed by atoms with Crippen molar-refractivity contribution in [2.45, 2.75) is 26.4 Å². The number of nitrogens with zero attached hydrogens (tertiary/aromatic N) is 2. The summed E-state index contributed by atoms with van der Waals surface area (Å²) in [5.41, 5.74) is 3.61. The van der Waals surface area contributed by atoms with Gasteiger partial charge in [0.1, 0.15) is 0 Å². The maximum Gasteiger partial charge on any atom is 0.261 e. The summed E-state index contributed by atoms with van der Waals surface area (Å²) >= 11 is 0. The number of amides is 2. The maximum absolute atomic E-state index is 12.7. The predicted molar refractivity (Wildman–Crippen MR) is 123 cm³/mol. The number of hydrogen-bond donors (Lipinski definition) is 0. The molecule has 0 bridgehead atoms. The normalized spacial score (nSPS) is 14.2. The fourth-order valence-electron chi connectivity index (χ4n) is 4.11. The third kappa shape index (κ3) is 5.09. The van der Waals surface area contributed by atoms with Crippen LogP contribution in [0.15, 0.2) is 84.9 Å². The van der Waals surface area contributed by atoms with Crippen LogP contribution in [-0.4, -0.2) is 34.7 Å². The second-order valence-electron chi connectivity index (χ2n) is 8.34. The van der Waals surface area contributed by atoms with Gasteiger partial charge in [0.25, 0.3) is 11.8 Å². The van der Waals surface area contributed by atoms with Crippen LogP contribution in [0.1, 0.15) is 45.2 Å². The molecule has 0 radical (unpaired) electrons. The predicted octanol–water partition coefficient (Wildman–Crippen LogP) is 5.01. The van der Waals surface area contributed by atoms with E-state index in [0.29, 0.717) is 17.7 Å². The molecule has 2 amide bonds. The first-order chi connectivity index (χ1) is 15.1. The number of imide groups is 1. The van der Waals surface area contributed by atoms with E-state index in [1.54, 1.807) is 12.1 Å². The zero-order valence-corrected chi connectivity index (χ0v) is 17.9. The van der Waals surface area contributed by atoms with E-state index in [2.05, 4.69) is 60.4 Å². The van der Waals surface area contributed by atoms with Gasteiger partial charge in [-0.15, -0.1) is 0 Å². The number of benzene rings is 3. The van der Waals surface area contributed by atoms with Gasteiger partial charge < -0.3 is 0 Å². The SMILES string of the molecule is CC(CCN(Cc1ccccc1)Cc1ccccc1)CN1C(=O)c2ccccc2C1=O. The van der Waals surface area contributed by atoms with E-state index in [-0.39, 0.29) is 17.7 Å². The molecule has 1 aliphatic rings. The summed E-state index contributed by atoms with van der Waals surface area (Å²) in [6.07, 6.45) is 0.910. The van der Waals surface area contributed by atoms with Gasteiger partial charge in [0.15, 0.2) is 0 Å². The molecular weight excluding hydrogens is 384 g/mol. The second-order valence-corrected chi connectivity index (χ2v) is 8.34. The Morgan fingerprint density at radius 3 is 1.65 bits per heavy atom. The zero-order valence-electron chi connectivity index (χ0n) is 17.9. The van der Waals surface area contributed by atoms with Gasteiger partial charge in [-0.25, -0.2) is 0 Å². The van der Waals surface area contributed by atoms with Crippen LogP contribution in [0, 0.1) is 5.92 Å². The highest BCUT2D eigenvalue weighted by atomic mass is 16.2. The van der Waals surface area contributed by atoms with Crippen LogP contribution in [0.2, 0.25) is 0 Å². The summed E-state index contributed by atoms with van der Waals surface area (Å²) < 4.78 is 0. The molecule has 31 heavy (non-hydrogen) atoms. The third-order valence-electron chi connectivity index (χ3n) is 5.81. The molecular formula is C27H28N2O2. The fraction of sp³-hybridized carbons (Fsp3) is 0.259. The first-order valence-electron chi connectivity index (χ1n) is 10.9. The van der Waals surface area contributed by atoms with E-state index in [1.807, 2.05) is 24.3 Å². The minimum Gasteiger partial charge on any atom is -0.295 e. The lowest BCUT2D eigenvalue weighted by molar-refractivity contribution is 0.0626. The molecule has 1 aliphatic heterocycles. The highest BCUT2D eigenvalue weighted by Crippen LogP contribution is 2.24. The maximum atomic E-state index is 12.7. The van der Waals surface area contributed by atoms with Crippen molar-refractivity contribution in [2.75, 3.05) is 13.1 Å². The van der Waals surface area contributed by atoms with Crippen molar-refractivity contribution in [3.8, 4) is 0 Å². The molecule has 4 nitrogen and oxygen atoms in total. The number of hydrogen-bond acceptors (Lipinski definition) is 3. The summed E-state index contributed by atoms with van der Waals surface area (Å²) in [5.74, 6) is -0.119. The van der Waals surface area contributed by atoms with Gasteiger partial charge in [0.05, 0.1) is 11.1 Å². The molecule has 0 spiro atoms. The molecule has 1 unspecified atom stereocenters. The molecule has 0 saturated carbocycles. The minimum absolute atomic E-state index is 0.169. The molecule has 158 valence electrons. The van der Waals surface area contributed by atoms with Crippen LogP contribution in [-0.2, 0) is 13.1 Å². The average Bonchev–Trinajstić information content (AvgIpc) is 3.04. The van der Waals surface area contributed by atoms with E-state index in [1.165, 1.54) is 16.0 Å². The third-order valence-corrected chi connectivity index (χ3v) is 5.81. The molecule has 0 N–H and O–H groups in total. The van der Waals surface area contributed by atoms with Crippen molar-refractivity contribution in [2.24, 2.45) is 5.92 Å². The van der Waals surface area contributed by atoms with Crippen molar-refractivity contribution < 1.29 is 9.59 Å². The first kappa shape index (κ1) is 21.0. The number of carbonyl (C=O) groups excluding carboxylic acids is 2. The standard InChI is InChI=1S/C27H28N2O2/c1-21(18-29-26(30)24-14-8-9-15-25(24)27(29)31)16-17-28(19-22-10-4-2-5-11-22)20-23-12-6-3-7-13-23/h2-15,21H,16-20H2,1H3. The van der Waals surface area contributed by atoms with Crippen LogP contribution in [0.3, 0.4) is 0 Å². The van der Waals surface area contributed by atoms with E-state index in [9.17, 15) is 9.59 Å². The lowest BCUT2D eigenvalue weighted by Crippen LogP contribution is -2.35. The molecule has 0 saturated heterocycles. The molecule has 1 atom stereocenters. The molecule has 4 heteroatoms. The monoisotopic (exact) mass is 412 g/mol. The van der Waals surface area contributed by atoms with Gasteiger partial charge in [0, 0.05) is 19.6 Å². The summed E-state index contributed by atoms with van der Waals surface area (Å²) in [5, 5.41) is 0. The lowest BCUT2D eigenvalue weighted by Gasteiger charge is -2.26. The summed E-state index contributed by atoms with van der Waals surface area (Å²) in [7, 11) is 0. The summed E-state index contributed by atoms with van der Waals surface area (Å²) in [6, 6.07) is 28.1.